The van der Waals surface area contributed by atoms with Crippen LogP contribution in [-0.4, -0.2) is 54.7 Å². The van der Waals surface area contributed by atoms with Gasteiger partial charge in [0.1, 0.15) is 12.1 Å². The molecule has 0 bridgehead atoms. The number of nitrogens with zero attached hydrogens (tertiary/aromatic N) is 4. The van der Waals surface area contributed by atoms with Gasteiger partial charge in [0.15, 0.2) is 5.76 Å². The largest absolute Gasteiger partial charge is 0.464 e. The first-order valence-corrected chi connectivity index (χ1v) is 7.86. The molecule has 1 unspecified atom stereocenters. The summed E-state index contributed by atoms with van der Waals surface area (Å²) in [5.74, 6) is 1.11. The number of hydrogen-bond acceptors (Lipinski definition) is 8. The number of cyclic esters (lactones) is 1. The van der Waals surface area contributed by atoms with E-state index < -0.39 is 0 Å². The smallest absolute Gasteiger partial charge is 0.323 e. The highest BCUT2D eigenvalue weighted by atomic mass is 16.5. The van der Waals surface area contributed by atoms with Crippen LogP contribution in [0.4, 0.5) is 5.88 Å². The lowest BCUT2D eigenvalue weighted by molar-refractivity contribution is -0.142. The molecule has 2 aromatic rings. The monoisotopic (exact) mass is 328 g/mol. The maximum Gasteiger partial charge on any atom is 0.323 e. The number of esters is 1. The topological polar surface area (TPSA) is 95.7 Å². The molecule has 2 aromatic heterocycles. The second kappa shape index (κ2) is 6.02. The van der Waals surface area contributed by atoms with Gasteiger partial charge in [-0.3, -0.25) is 9.69 Å². The van der Waals surface area contributed by atoms with Crippen molar-refractivity contribution in [2.75, 3.05) is 37.7 Å². The maximum atomic E-state index is 11.7. The van der Waals surface area contributed by atoms with Crippen LogP contribution in [0.2, 0.25) is 0 Å². The van der Waals surface area contributed by atoms with Crippen LogP contribution in [0.3, 0.4) is 0 Å². The number of furan rings is 1. The quantitative estimate of drug-likeness (QED) is 0.777. The summed E-state index contributed by atoms with van der Waals surface area (Å²) in [7, 11) is 0. The molecule has 0 aromatic carbocycles. The SMILES string of the molecule is N#Cc1nc(-c2ccco2)oc1N1CCN(C2CCOC2=O)CC1. The van der Waals surface area contributed by atoms with Crippen LogP contribution in [0.1, 0.15) is 12.1 Å². The molecule has 8 nitrogen and oxygen atoms in total. The summed E-state index contributed by atoms with van der Waals surface area (Å²) >= 11 is 0. The molecule has 4 heterocycles. The van der Waals surface area contributed by atoms with Crippen molar-refractivity contribution in [2.24, 2.45) is 0 Å². The van der Waals surface area contributed by atoms with E-state index in [0.29, 0.717) is 50.3 Å². The Morgan fingerprint density at radius 2 is 2.12 bits per heavy atom. The number of hydrogen-bond donors (Lipinski definition) is 0. The molecule has 124 valence electrons. The Balaban J connectivity index is 1.49. The molecule has 8 heteroatoms. The lowest BCUT2D eigenvalue weighted by Gasteiger charge is -2.36. The normalized spacial score (nSPS) is 21.7. The summed E-state index contributed by atoms with van der Waals surface area (Å²) < 4.78 is 16.1. The van der Waals surface area contributed by atoms with Gasteiger partial charge in [0.05, 0.1) is 12.9 Å². The van der Waals surface area contributed by atoms with Crippen LogP contribution in [0.25, 0.3) is 11.7 Å². The first-order valence-electron chi connectivity index (χ1n) is 7.86. The number of piperazine rings is 1. The summed E-state index contributed by atoms with van der Waals surface area (Å²) in [6, 6.07) is 5.41. The predicted octanol–water partition coefficient (Wildman–Crippen LogP) is 1.24. The maximum absolute atomic E-state index is 11.7. The fraction of sp³-hybridized carbons (Fsp3) is 0.438. The van der Waals surface area contributed by atoms with E-state index in [1.54, 1.807) is 12.1 Å². The molecule has 1 atom stereocenters. The van der Waals surface area contributed by atoms with Crippen LogP contribution in [0, 0.1) is 11.3 Å². The summed E-state index contributed by atoms with van der Waals surface area (Å²) in [6.07, 6.45) is 2.28. The van der Waals surface area contributed by atoms with E-state index in [-0.39, 0.29) is 17.7 Å². The van der Waals surface area contributed by atoms with Gasteiger partial charge in [-0.15, -0.1) is 0 Å². The van der Waals surface area contributed by atoms with Crippen molar-refractivity contribution in [1.82, 2.24) is 9.88 Å². The Labute approximate surface area is 138 Å². The number of ether oxygens (including phenoxy) is 1. The predicted molar refractivity (Wildman–Crippen MR) is 82.1 cm³/mol. The van der Waals surface area contributed by atoms with Crippen LogP contribution in [-0.2, 0) is 9.53 Å². The van der Waals surface area contributed by atoms with Gasteiger partial charge >= 0.3 is 5.97 Å². The van der Waals surface area contributed by atoms with Crippen molar-refractivity contribution in [3.63, 3.8) is 0 Å². The van der Waals surface area contributed by atoms with E-state index >= 15 is 0 Å². The number of carbonyl (C=O) groups is 1. The van der Waals surface area contributed by atoms with Gasteiger partial charge in [-0.1, -0.05) is 0 Å². The second-order valence-corrected chi connectivity index (χ2v) is 5.76. The van der Waals surface area contributed by atoms with Gasteiger partial charge in [-0.25, -0.2) is 0 Å². The molecule has 4 rings (SSSR count). The fourth-order valence-electron chi connectivity index (χ4n) is 3.16. The van der Waals surface area contributed by atoms with E-state index in [9.17, 15) is 10.1 Å². The molecule has 0 spiro atoms. The first kappa shape index (κ1) is 14.8. The van der Waals surface area contributed by atoms with E-state index in [1.807, 2.05) is 4.90 Å². The number of anilines is 1. The lowest BCUT2D eigenvalue weighted by Crippen LogP contribution is -2.51. The van der Waals surface area contributed by atoms with Gasteiger partial charge in [0.2, 0.25) is 11.6 Å². The molecule has 0 amide bonds. The number of aromatic nitrogens is 1. The second-order valence-electron chi connectivity index (χ2n) is 5.76. The molecule has 2 saturated heterocycles. The number of oxazole rings is 1. The van der Waals surface area contributed by atoms with Crippen molar-refractivity contribution in [3.8, 4) is 17.7 Å². The number of carbonyl (C=O) groups excluding carboxylic acids is 1. The molecule has 2 aliphatic rings. The van der Waals surface area contributed by atoms with Gasteiger partial charge in [0, 0.05) is 32.6 Å². The third kappa shape index (κ3) is 2.53. The minimum absolute atomic E-state index is 0.138. The van der Waals surface area contributed by atoms with Crippen molar-refractivity contribution in [1.29, 1.82) is 5.26 Å². The average molecular weight is 328 g/mol. The van der Waals surface area contributed by atoms with Gasteiger partial charge < -0.3 is 18.5 Å². The van der Waals surface area contributed by atoms with Crippen LogP contribution < -0.4 is 4.90 Å². The highest BCUT2D eigenvalue weighted by Crippen LogP contribution is 2.29. The van der Waals surface area contributed by atoms with E-state index in [0.717, 1.165) is 6.42 Å². The highest BCUT2D eigenvalue weighted by molar-refractivity contribution is 5.77. The molecule has 0 N–H and O–H groups in total. The number of nitriles is 1. The average Bonchev–Trinajstić information content (AvgIpc) is 3.35. The van der Waals surface area contributed by atoms with Crippen LogP contribution >= 0.6 is 0 Å². The Bertz CT molecular complexity index is 769. The van der Waals surface area contributed by atoms with Crippen LogP contribution in [0.5, 0.6) is 0 Å². The highest BCUT2D eigenvalue weighted by Gasteiger charge is 2.35. The zero-order chi connectivity index (χ0) is 16.5. The fourth-order valence-corrected chi connectivity index (χ4v) is 3.16. The Hall–Kier alpha value is -2.79. The third-order valence-electron chi connectivity index (χ3n) is 4.40. The Kier molecular flexibility index (Phi) is 3.70. The van der Waals surface area contributed by atoms with E-state index in [2.05, 4.69) is 16.0 Å². The molecule has 2 aliphatic heterocycles. The summed E-state index contributed by atoms with van der Waals surface area (Å²) in [5.41, 5.74) is 0.245. The standard InChI is InChI=1S/C16H16N4O4/c17-10-11-15(24-14(18-11)13-2-1-8-22-13)20-6-4-19(5-7-20)12-3-9-23-16(12)21/h1-2,8,12H,3-7,9H2. The minimum Gasteiger partial charge on any atom is -0.464 e. The molecule has 24 heavy (non-hydrogen) atoms. The van der Waals surface area contributed by atoms with Gasteiger partial charge in [0.25, 0.3) is 5.89 Å². The number of rotatable bonds is 3. The zero-order valence-corrected chi connectivity index (χ0v) is 13.0. The molecule has 2 fully saturated rings. The van der Waals surface area contributed by atoms with Crippen molar-refractivity contribution >= 4 is 11.9 Å². The molecule has 0 saturated carbocycles. The molecule has 0 radical (unpaired) electrons. The van der Waals surface area contributed by atoms with Gasteiger partial charge in [-0.05, 0) is 12.1 Å². The van der Waals surface area contributed by atoms with Gasteiger partial charge in [-0.2, -0.15) is 10.2 Å². The summed E-state index contributed by atoms with van der Waals surface area (Å²) in [4.78, 5) is 20.0. The van der Waals surface area contributed by atoms with E-state index in [1.165, 1.54) is 6.26 Å². The Morgan fingerprint density at radius 3 is 2.75 bits per heavy atom. The van der Waals surface area contributed by atoms with Crippen molar-refractivity contribution in [3.05, 3.63) is 24.1 Å². The summed E-state index contributed by atoms with van der Waals surface area (Å²) in [6.45, 7) is 3.23. The molecular formula is C16H16N4O4. The molecule has 0 aliphatic carbocycles. The van der Waals surface area contributed by atoms with Crippen molar-refractivity contribution < 1.29 is 18.4 Å². The Morgan fingerprint density at radius 1 is 1.29 bits per heavy atom. The van der Waals surface area contributed by atoms with E-state index in [4.69, 9.17) is 13.6 Å². The zero-order valence-electron chi connectivity index (χ0n) is 13.0. The van der Waals surface area contributed by atoms with Crippen LogP contribution in [0.15, 0.2) is 27.2 Å². The van der Waals surface area contributed by atoms with Crippen molar-refractivity contribution in [2.45, 2.75) is 12.5 Å². The first-order chi connectivity index (χ1) is 11.8. The minimum atomic E-state index is -0.143. The third-order valence-corrected chi connectivity index (χ3v) is 4.40. The lowest BCUT2D eigenvalue weighted by atomic mass is 10.2. The molecular weight excluding hydrogens is 312 g/mol. The summed E-state index contributed by atoms with van der Waals surface area (Å²) in [5, 5.41) is 9.32.